The van der Waals surface area contributed by atoms with Crippen molar-refractivity contribution < 1.29 is 29.3 Å². The summed E-state index contributed by atoms with van der Waals surface area (Å²) in [7, 11) is 4.22. The minimum absolute atomic E-state index is 0.307. The van der Waals surface area contributed by atoms with Crippen LogP contribution in [0.3, 0.4) is 0 Å². The second-order valence-electron chi connectivity index (χ2n) is 17.4. The van der Waals surface area contributed by atoms with Crippen LogP contribution in [0.1, 0.15) is 217 Å². The molecule has 61 heavy (non-hydrogen) atoms. The average molecular weight is 850 g/mol. The van der Waals surface area contributed by atoms with Gasteiger partial charge in [0.25, 0.3) is 0 Å². The zero-order valence-electron chi connectivity index (χ0n) is 39.5. The number of ether oxygens (including phenoxy) is 2. The van der Waals surface area contributed by atoms with E-state index in [1.54, 1.807) is 0 Å². The Hall–Kier alpha value is -3.32. The molecule has 2 N–H and O–H groups in total. The van der Waals surface area contributed by atoms with Gasteiger partial charge in [0.05, 0.1) is 13.2 Å². The molecule has 1 aromatic carbocycles. The fourth-order valence-corrected chi connectivity index (χ4v) is 7.48. The van der Waals surface area contributed by atoms with Gasteiger partial charge in [0.1, 0.15) is 11.5 Å². The first kappa shape index (κ1) is 55.7. The molecule has 348 valence electrons. The minimum atomic E-state index is -0.679. The lowest BCUT2D eigenvalue weighted by Crippen LogP contribution is -2.12. The van der Waals surface area contributed by atoms with Crippen molar-refractivity contribution in [3.05, 3.63) is 71.9 Å². The Labute approximate surface area is 374 Å². The van der Waals surface area contributed by atoms with E-state index >= 15 is 0 Å². The molecule has 0 heterocycles. The van der Waals surface area contributed by atoms with Crippen molar-refractivity contribution >= 4 is 11.9 Å². The largest absolute Gasteiger partial charge is 0.493 e. The summed E-state index contributed by atoms with van der Waals surface area (Å²) in [5.41, 5.74) is 2.36. The molecule has 1 rings (SSSR count). The van der Waals surface area contributed by atoms with Crippen LogP contribution < -0.4 is 9.47 Å². The first-order valence-electron chi connectivity index (χ1n) is 24.9. The van der Waals surface area contributed by atoms with Crippen molar-refractivity contribution in [2.45, 2.75) is 219 Å². The number of nitrogens with zero attached hydrogens (tertiary/aromatic N) is 1. The summed E-state index contributed by atoms with van der Waals surface area (Å²) in [6, 6.07) is 4.41. The predicted molar refractivity (Wildman–Crippen MR) is 259 cm³/mol. The standard InChI is InChI=1S/C54H91NO6/c1-49-51(60-44-40-36-32-28-24-20-16-12-8-4-6-10-14-18-22-26-30-34-38-42-53(56)57)46-50(48-55(2)3)47-52(49)61-45-41-37-33-29-25-21-17-13-9-5-7-11-15-19-23-27-31-35-39-43-54(58)59/h4-5,8-11,14-15,46-47H,6-7,12-13,16-45,48H2,1-3H3,(H,56,57)(H,58,59). The summed E-state index contributed by atoms with van der Waals surface area (Å²) < 4.78 is 12.7. The first-order chi connectivity index (χ1) is 29.8. The lowest BCUT2D eigenvalue weighted by Gasteiger charge is -2.18. The number of carboxylic acid groups (broad SMARTS) is 2. The zero-order chi connectivity index (χ0) is 44.3. The molecular formula is C54H91NO6. The Morgan fingerprint density at radius 1 is 0.459 bits per heavy atom. The van der Waals surface area contributed by atoms with Gasteiger partial charge >= 0.3 is 11.9 Å². The molecule has 0 spiro atoms. The molecule has 7 nitrogen and oxygen atoms in total. The number of rotatable bonds is 44. The van der Waals surface area contributed by atoms with Crippen LogP contribution in [0.15, 0.2) is 60.7 Å². The molecular weight excluding hydrogens is 759 g/mol. The fraction of sp³-hybridized carbons (Fsp3) is 0.704. The van der Waals surface area contributed by atoms with Gasteiger partial charge in [-0.2, -0.15) is 0 Å². The van der Waals surface area contributed by atoms with E-state index in [-0.39, 0.29) is 0 Å². The van der Waals surface area contributed by atoms with Crippen molar-refractivity contribution in [2.24, 2.45) is 0 Å². The maximum atomic E-state index is 10.5. The molecule has 0 amide bonds. The normalized spacial score (nSPS) is 12.0. The van der Waals surface area contributed by atoms with E-state index in [9.17, 15) is 9.59 Å². The Kier molecular flexibility index (Phi) is 38.4. The molecule has 0 aliphatic carbocycles. The Balaban J connectivity index is 2.09. The number of hydrogen-bond acceptors (Lipinski definition) is 5. The topological polar surface area (TPSA) is 96.3 Å². The molecule has 0 saturated heterocycles. The van der Waals surface area contributed by atoms with E-state index < -0.39 is 11.9 Å². The molecule has 0 aliphatic heterocycles. The number of carbonyl (C=O) groups is 2. The summed E-state index contributed by atoms with van der Waals surface area (Å²) >= 11 is 0. The predicted octanol–water partition coefficient (Wildman–Crippen LogP) is 15.7. The van der Waals surface area contributed by atoms with Crippen LogP contribution in [0.25, 0.3) is 0 Å². The molecule has 0 aliphatic rings. The second kappa shape index (κ2) is 42.0. The zero-order valence-corrected chi connectivity index (χ0v) is 39.5. The van der Waals surface area contributed by atoms with Crippen LogP contribution in [0.4, 0.5) is 0 Å². The van der Waals surface area contributed by atoms with Crippen molar-refractivity contribution in [1.82, 2.24) is 4.90 Å². The maximum absolute atomic E-state index is 10.5. The third-order valence-electron chi connectivity index (χ3n) is 11.2. The molecule has 0 bridgehead atoms. The smallest absolute Gasteiger partial charge is 0.303 e. The first-order valence-corrected chi connectivity index (χ1v) is 24.9. The highest BCUT2D eigenvalue weighted by Crippen LogP contribution is 2.31. The van der Waals surface area contributed by atoms with Crippen LogP contribution >= 0.6 is 0 Å². The van der Waals surface area contributed by atoms with Crippen molar-refractivity contribution in [1.29, 1.82) is 0 Å². The second-order valence-corrected chi connectivity index (χ2v) is 17.4. The van der Waals surface area contributed by atoms with Gasteiger partial charge in [-0.05, 0) is 129 Å². The van der Waals surface area contributed by atoms with Crippen LogP contribution in [0.2, 0.25) is 0 Å². The van der Waals surface area contributed by atoms with E-state index in [2.05, 4.69) is 86.7 Å². The molecule has 0 radical (unpaired) electrons. The van der Waals surface area contributed by atoms with Crippen LogP contribution in [0.5, 0.6) is 11.5 Å². The van der Waals surface area contributed by atoms with Crippen molar-refractivity contribution in [3.8, 4) is 11.5 Å². The summed E-state index contributed by atoms with van der Waals surface area (Å²) in [6.45, 7) is 4.53. The minimum Gasteiger partial charge on any atom is -0.493 e. The number of aliphatic carboxylic acids is 2. The maximum Gasteiger partial charge on any atom is 0.303 e. The van der Waals surface area contributed by atoms with Gasteiger partial charge < -0.3 is 24.6 Å². The summed E-state index contributed by atoms with van der Waals surface area (Å²) in [4.78, 5) is 23.3. The molecule has 7 heteroatoms. The monoisotopic (exact) mass is 850 g/mol. The van der Waals surface area contributed by atoms with E-state index in [4.69, 9.17) is 19.7 Å². The van der Waals surface area contributed by atoms with Crippen LogP contribution in [-0.4, -0.2) is 54.4 Å². The van der Waals surface area contributed by atoms with E-state index in [1.807, 2.05) is 0 Å². The number of benzene rings is 1. The van der Waals surface area contributed by atoms with Gasteiger partial charge in [0.15, 0.2) is 0 Å². The molecule has 0 unspecified atom stereocenters. The SMILES string of the molecule is Cc1c(OCCCCCCCCCC=CCC=CCCCCCCCC(=O)O)cc(CN(C)C)cc1OCCCCCCCCCC=CCC=CCCCCCCCC(=O)O. The van der Waals surface area contributed by atoms with Gasteiger partial charge in [0.2, 0.25) is 0 Å². The van der Waals surface area contributed by atoms with Gasteiger partial charge in [-0.3, -0.25) is 9.59 Å². The third-order valence-corrected chi connectivity index (χ3v) is 11.2. The molecule has 0 aromatic heterocycles. The fourth-order valence-electron chi connectivity index (χ4n) is 7.48. The van der Waals surface area contributed by atoms with E-state index in [0.717, 1.165) is 114 Å². The van der Waals surface area contributed by atoms with Gasteiger partial charge in [0, 0.05) is 24.9 Å². The number of carboxylic acids is 2. The van der Waals surface area contributed by atoms with E-state index in [1.165, 1.54) is 121 Å². The van der Waals surface area contributed by atoms with Crippen LogP contribution in [-0.2, 0) is 16.1 Å². The lowest BCUT2D eigenvalue weighted by atomic mass is 10.1. The van der Waals surface area contributed by atoms with E-state index in [0.29, 0.717) is 12.8 Å². The molecule has 0 atom stereocenters. The number of hydrogen-bond donors (Lipinski definition) is 2. The highest BCUT2D eigenvalue weighted by Gasteiger charge is 2.11. The summed E-state index contributed by atoms with van der Waals surface area (Å²) in [6.07, 6.45) is 54.1. The Morgan fingerprint density at radius 2 is 0.754 bits per heavy atom. The van der Waals surface area contributed by atoms with Crippen LogP contribution in [0, 0.1) is 6.92 Å². The number of unbranched alkanes of at least 4 members (excludes halogenated alkanes) is 24. The lowest BCUT2D eigenvalue weighted by molar-refractivity contribution is -0.138. The van der Waals surface area contributed by atoms with Gasteiger partial charge in [-0.15, -0.1) is 0 Å². The molecule has 0 fully saturated rings. The van der Waals surface area contributed by atoms with Crippen molar-refractivity contribution in [2.75, 3.05) is 27.3 Å². The average Bonchev–Trinajstić information content (AvgIpc) is 3.22. The summed E-state index contributed by atoms with van der Waals surface area (Å²) in [5.74, 6) is 0.589. The summed E-state index contributed by atoms with van der Waals surface area (Å²) in [5, 5.41) is 17.4. The molecule has 1 aromatic rings. The quantitative estimate of drug-likeness (QED) is 0.0499. The van der Waals surface area contributed by atoms with Crippen molar-refractivity contribution in [3.63, 3.8) is 0 Å². The molecule has 0 saturated carbocycles. The Morgan fingerprint density at radius 3 is 1.07 bits per heavy atom. The Bertz CT molecular complexity index is 1220. The van der Waals surface area contributed by atoms with Gasteiger partial charge in [-0.25, -0.2) is 0 Å². The highest BCUT2D eigenvalue weighted by atomic mass is 16.5. The highest BCUT2D eigenvalue weighted by molar-refractivity contribution is 5.66. The van der Waals surface area contributed by atoms with Gasteiger partial charge in [-0.1, -0.05) is 151 Å². The third kappa shape index (κ3) is 38.1. The number of allylic oxidation sites excluding steroid dienone is 8.